The third kappa shape index (κ3) is 4.45. The minimum atomic E-state index is -0.568. The second-order valence-corrected chi connectivity index (χ2v) is 7.30. The van der Waals surface area contributed by atoms with E-state index in [4.69, 9.17) is 4.74 Å². The molecule has 2 N–H and O–H groups in total. The van der Waals surface area contributed by atoms with E-state index in [9.17, 15) is 14.4 Å². The highest BCUT2D eigenvalue weighted by molar-refractivity contribution is 5.95. The number of nitrogens with one attached hydrogen (secondary N) is 2. The summed E-state index contributed by atoms with van der Waals surface area (Å²) in [7, 11) is 0. The molecule has 23 heavy (non-hydrogen) atoms. The molecule has 3 atom stereocenters. The zero-order chi connectivity index (χ0) is 16.2. The summed E-state index contributed by atoms with van der Waals surface area (Å²) in [5.74, 6) is 0.990. The van der Waals surface area contributed by atoms with E-state index in [0.717, 1.165) is 38.0 Å². The van der Waals surface area contributed by atoms with Crippen LogP contribution in [-0.4, -0.2) is 30.6 Å². The van der Waals surface area contributed by atoms with Gasteiger partial charge in [-0.3, -0.25) is 14.9 Å². The van der Waals surface area contributed by atoms with Crippen molar-refractivity contribution in [3.8, 4) is 0 Å². The molecule has 0 spiro atoms. The summed E-state index contributed by atoms with van der Waals surface area (Å²) in [6.45, 7) is -0.377. The Balaban J connectivity index is 1.30. The first-order chi connectivity index (χ1) is 11.1. The van der Waals surface area contributed by atoms with Gasteiger partial charge in [0, 0.05) is 12.5 Å². The number of urea groups is 1. The molecule has 6 heteroatoms. The van der Waals surface area contributed by atoms with Crippen LogP contribution in [0.4, 0.5) is 4.79 Å². The van der Waals surface area contributed by atoms with E-state index >= 15 is 0 Å². The topological polar surface area (TPSA) is 84.5 Å². The van der Waals surface area contributed by atoms with Gasteiger partial charge in [0.15, 0.2) is 6.61 Å². The number of hydrogen-bond donors (Lipinski definition) is 2. The molecular formula is C17H26N2O4. The predicted octanol–water partition coefficient (Wildman–Crippen LogP) is 2.12. The van der Waals surface area contributed by atoms with Gasteiger partial charge < -0.3 is 10.1 Å². The van der Waals surface area contributed by atoms with Gasteiger partial charge in [0.05, 0.1) is 0 Å². The van der Waals surface area contributed by atoms with E-state index in [-0.39, 0.29) is 18.6 Å². The maximum absolute atomic E-state index is 11.8. The molecule has 6 nitrogen and oxygen atoms in total. The third-order valence-corrected chi connectivity index (χ3v) is 5.62. The molecule has 3 rings (SSSR count). The third-order valence-electron chi connectivity index (χ3n) is 5.62. The molecule has 0 aromatic heterocycles. The van der Waals surface area contributed by atoms with Crippen molar-refractivity contribution in [3.63, 3.8) is 0 Å². The van der Waals surface area contributed by atoms with Gasteiger partial charge in [-0.1, -0.05) is 19.3 Å². The first-order valence-electron chi connectivity index (χ1n) is 8.86. The Morgan fingerprint density at radius 1 is 1.00 bits per heavy atom. The summed E-state index contributed by atoms with van der Waals surface area (Å²) in [4.78, 5) is 35.1. The fourth-order valence-electron chi connectivity index (χ4n) is 4.50. The van der Waals surface area contributed by atoms with Gasteiger partial charge in [0.1, 0.15) is 0 Å². The van der Waals surface area contributed by atoms with E-state index < -0.39 is 11.9 Å². The van der Waals surface area contributed by atoms with Crippen LogP contribution in [0, 0.1) is 17.8 Å². The molecule has 2 bridgehead atoms. The van der Waals surface area contributed by atoms with Crippen molar-refractivity contribution in [1.29, 1.82) is 0 Å². The lowest BCUT2D eigenvalue weighted by Gasteiger charge is -2.20. The lowest BCUT2D eigenvalue weighted by Crippen LogP contribution is -2.45. The molecule has 0 unspecified atom stereocenters. The average molecular weight is 322 g/mol. The monoisotopic (exact) mass is 322 g/mol. The van der Waals surface area contributed by atoms with Crippen molar-refractivity contribution in [2.45, 2.75) is 63.8 Å². The van der Waals surface area contributed by atoms with Crippen LogP contribution in [0.1, 0.15) is 57.8 Å². The maximum Gasteiger partial charge on any atom is 0.321 e. The van der Waals surface area contributed by atoms with Crippen molar-refractivity contribution in [2.24, 2.45) is 17.8 Å². The zero-order valence-corrected chi connectivity index (χ0v) is 13.5. The Hall–Kier alpha value is -1.59. The van der Waals surface area contributed by atoms with E-state index in [1.165, 1.54) is 19.3 Å². The molecule has 0 aromatic rings. The number of carbonyl (C=O) groups excluding carboxylic acids is 3. The molecule has 0 aliphatic heterocycles. The lowest BCUT2D eigenvalue weighted by atomic mass is 9.86. The largest absolute Gasteiger partial charge is 0.456 e. The average Bonchev–Trinajstić information content (AvgIpc) is 3.22. The number of ether oxygens (including phenoxy) is 1. The van der Waals surface area contributed by atoms with Gasteiger partial charge in [-0.25, -0.2) is 4.79 Å². The standard InChI is InChI=1S/C17H26N2O4/c20-15(19-17(22)18-14-3-1-2-4-14)10-23-16(21)9-13-8-11-5-6-12(13)7-11/h11-14H,1-10H2,(H2,18,19,20,22)/t11-,12-,13+/m0/s1. The highest BCUT2D eigenvalue weighted by Crippen LogP contribution is 2.49. The molecule has 0 radical (unpaired) electrons. The summed E-state index contributed by atoms with van der Waals surface area (Å²) in [5.41, 5.74) is 0. The molecule has 3 aliphatic rings. The minimum Gasteiger partial charge on any atom is -0.456 e. The Morgan fingerprint density at radius 3 is 2.43 bits per heavy atom. The number of rotatable bonds is 5. The second-order valence-electron chi connectivity index (χ2n) is 7.30. The van der Waals surface area contributed by atoms with E-state index in [1.54, 1.807) is 0 Å². The smallest absolute Gasteiger partial charge is 0.321 e. The van der Waals surface area contributed by atoms with Gasteiger partial charge in [-0.15, -0.1) is 0 Å². The van der Waals surface area contributed by atoms with Gasteiger partial charge in [-0.05, 0) is 49.9 Å². The highest BCUT2D eigenvalue weighted by Gasteiger charge is 2.40. The number of fused-ring (bicyclic) bond motifs is 2. The van der Waals surface area contributed by atoms with Crippen molar-refractivity contribution >= 4 is 17.9 Å². The number of hydrogen-bond acceptors (Lipinski definition) is 4. The second kappa shape index (κ2) is 7.32. The molecule has 0 aromatic carbocycles. The molecule has 0 saturated heterocycles. The van der Waals surface area contributed by atoms with Crippen LogP contribution in [0.15, 0.2) is 0 Å². The fraction of sp³-hybridized carbons (Fsp3) is 0.824. The van der Waals surface area contributed by atoms with Gasteiger partial charge in [0.2, 0.25) is 0 Å². The zero-order valence-electron chi connectivity index (χ0n) is 13.5. The molecule has 3 amide bonds. The van der Waals surface area contributed by atoms with Crippen LogP contribution in [0.5, 0.6) is 0 Å². The number of amides is 3. The van der Waals surface area contributed by atoms with Crippen LogP contribution >= 0.6 is 0 Å². The molecular weight excluding hydrogens is 296 g/mol. The Kier molecular flexibility index (Phi) is 5.18. The van der Waals surface area contributed by atoms with Crippen molar-refractivity contribution in [1.82, 2.24) is 10.6 Å². The Bertz CT molecular complexity index is 473. The van der Waals surface area contributed by atoms with Gasteiger partial charge >= 0.3 is 12.0 Å². The van der Waals surface area contributed by atoms with Crippen LogP contribution in [-0.2, 0) is 14.3 Å². The quantitative estimate of drug-likeness (QED) is 0.759. The molecule has 3 saturated carbocycles. The van der Waals surface area contributed by atoms with E-state index in [1.807, 2.05) is 0 Å². The fourth-order valence-corrected chi connectivity index (χ4v) is 4.50. The maximum atomic E-state index is 11.8. The Labute approximate surface area is 136 Å². The first kappa shape index (κ1) is 16.3. The van der Waals surface area contributed by atoms with Gasteiger partial charge in [0.25, 0.3) is 5.91 Å². The highest BCUT2D eigenvalue weighted by atomic mass is 16.5. The van der Waals surface area contributed by atoms with Gasteiger partial charge in [-0.2, -0.15) is 0 Å². The summed E-state index contributed by atoms with van der Waals surface area (Å²) in [6.07, 6.45) is 9.44. The van der Waals surface area contributed by atoms with E-state index in [2.05, 4.69) is 10.6 Å². The SMILES string of the molecule is O=C(COC(=O)C[C@H]1C[C@H]2CC[C@H]1C2)NC(=O)NC1CCCC1. The summed E-state index contributed by atoms with van der Waals surface area (Å²) in [6, 6.07) is -0.339. The Morgan fingerprint density at radius 2 is 1.78 bits per heavy atom. The predicted molar refractivity (Wildman–Crippen MR) is 83.4 cm³/mol. The van der Waals surface area contributed by atoms with Crippen LogP contribution in [0.2, 0.25) is 0 Å². The van der Waals surface area contributed by atoms with Crippen molar-refractivity contribution in [2.75, 3.05) is 6.61 Å². The van der Waals surface area contributed by atoms with Crippen molar-refractivity contribution < 1.29 is 19.1 Å². The van der Waals surface area contributed by atoms with Crippen LogP contribution in [0.25, 0.3) is 0 Å². The summed E-state index contributed by atoms with van der Waals surface area (Å²) >= 11 is 0. The van der Waals surface area contributed by atoms with E-state index in [0.29, 0.717) is 18.3 Å². The molecule has 0 heterocycles. The number of imide groups is 1. The van der Waals surface area contributed by atoms with Crippen molar-refractivity contribution in [3.05, 3.63) is 0 Å². The first-order valence-corrected chi connectivity index (χ1v) is 8.86. The van der Waals surface area contributed by atoms with Crippen LogP contribution < -0.4 is 10.6 Å². The number of carbonyl (C=O) groups is 3. The molecule has 3 aliphatic carbocycles. The summed E-state index contributed by atoms with van der Waals surface area (Å²) < 4.78 is 5.01. The number of esters is 1. The van der Waals surface area contributed by atoms with Crippen LogP contribution in [0.3, 0.4) is 0 Å². The lowest BCUT2D eigenvalue weighted by molar-refractivity contribution is -0.149. The minimum absolute atomic E-state index is 0.156. The molecule has 128 valence electrons. The molecule has 3 fully saturated rings. The normalized spacial score (nSPS) is 29.5. The summed E-state index contributed by atoms with van der Waals surface area (Å²) in [5, 5.41) is 4.98.